The van der Waals surface area contributed by atoms with Crippen molar-refractivity contribution in [3.8, 4) is 0 Å². The fraction of sp³-hybridized carbons (Fsp3) is 0.625. The minimum Gasteiger partial charge on any atom is -0.320 e. The first kappa shape index (κ1) is 14.5. The van der Waals surface area contributed by atoms with Crippen LogP contribution in [0.5, 0.6) is 0 Å². The lowest BCUT2D eigenvalue weighted by molar-refractivity contribution is 0.0693. The average Bonchev–Trinajstić information content (AvgIpc) is 2.42. The third-order valence-corrected chi connectivity index (χ3v) is 4.45. The fourth-order valence-corrected chi connectivity index (χ4v) is 3.18. The van der Waals surface area contributed by atoms with Crippen LogP contribution in [0.25, 0.3) is 0 Å². The number of nitrogens with two attached hydrogens (primary N) is 1. The van der Waals surface area contributed by atoms with Crippen LogP contribution >= 0.6 is 0 Å². The van der Waals surface area contributed by atoms with Gasteiger partial charge in [0.05, 0.1) is 5.54 Å². The standard InChI is InChI=1S/C16H27N3/c1-4-15(19-12-10-18(3)11-13-19)16(2,17)14-8-6-5-7-9-14/h5-9,15H,4,10-13,17H2,1-3H3. The molecule has 2 unspecified atom stereocenters. The van der Waals surface area contributed by atoms with Crippen LogP contribution in [-0.2, 0) is 5.54 Å². The lowest BCUT2D eigenvalue weighted by Crippen LogP contribution is -2.58. The normalized spacial score (nSPS) is 22.9. The molecule has 2 rings (SSSR count). The second-order valence-electron chi connectivity index (χ2n) is 5.91. The van der Waals surface area contributed by atoms with Gasteiger partial charge in [-0.15, -0.1) is 0 Å². The maximum absolute atomic E-state index is 6.70. The summed E-state index contributed by atoms with van der Waals surface area (Å²) in [6.07, 6.45) is 1.09. The molecule has 1 aromatic carbocycles. The molecule has 1 aliphatic heterocycles. The van der Waals surface area contributed by atoms with Gasteiger partial charge in [-0.05, 0) is 26.0 Å². The van der Waals surface area contributed by atoms with Gasteiger partial charge in [0, 0.05) is 32.2 Å². The number of benzene rings is 1. The molecule has 0 radical (unpaired) electrons. The van der Waals surface area contributed by atoms with Crippen molar-refractivity contribution < 1.29 is 0 Å². The molecule has 1 aliphatic rings. The molecule has 3 nitrogen and oxygen atoms in total. The Hall–Kier alpha value is -0.900. The van der Waals surface area contributed by atoms with Gasteiger partial charge in [0.2, 0.25) is 0 Å². The van der Waals surface area contributed by atoms with Crippen molar-refractivity contribution in [2.75, 3.05) is 33.2 Å². The maximum Gasteiger partial charge on any atom is 0.0538 e. The minimum atomic E-state index is -0.286. The number of hydrogen-bond acceptors (Lipinski definition) is 3. The number of likely N-dealkylation sites (N-methyl/N-ethyl adjacent to an activating group) is 1. The van der Waals surface area contributed by atoms with Crippen molar-refractivity contribution in [3.63, 3.8) is 0 Å². The Kier molecular flexibility index (Phi) is 4.61. The maximum atomic E-state index is 6.70. The highest BCUT2D eigenvalue weighted by Gasteiger charge is 2.35. The van der Waals surface area contributed by atoms with Gasteiger partial charge in [-0.2, -0.15) is 0 Å². The third kappa shape index (κ3) is 3.16. The Labute approximate surface area is 117 Å². The number of rotatable bonds is 4. The molecule has 2 atom stereocenters. The first-order valence-corrected chi connectivity index (χ1v) is 7.32. The van der Waals surface area contributed by atoms with Crippen molar-refractivity contribution in [1.82, 2.24) is 9.80 Å². The van der Waals surface area contributed by atoms with E-state index in [4.69, 9.17) is 5.73 Å². The highest BCUT2D eigenvalue weighted by Crippen LogP contribution is 2.28. The van der Waals surface area contributed by atoms with Crippen LogP contribution in [0, 0.1) is 0 Å². The summed E-state index contributed by atoms with van der Waals surface area (Å²) in [6.45, 7) is 8.94. The van der Waals surface area contributed by atoms with E-state index in [2.05, 4.69) is 61.0 Å². The molecular weight excluding hydrogens is 234 g/mol. The highest BCUT2D eigenvalue weighted by molar-refractivity contribution is 5.25. The van der Waals surface area contributed by atoms with Gasteiger partial charge < -0.3 is 10.6 Å². The molecule has 1 saturated heterocycles. The summed E-state index contributed by atoms with van der Waals surface area (Å²) in [5, 5.41) is 0. The zero-order valence-corrected chi connectivity index (χ0v) is 12.5. The van der Waals surface area contributed by atoms with E-state index in [1.54, 1.807) is 0 Å². The molecular formula is C16H27N3. The monoisotopic (exact) mass is 261 g/mol. The van der Waals surface area contributed by atoms with Gasteiger partial charge in [0.15, 0.2) is 0 Å². The van der Waals surface area contributed by atoms with Crippen molar-refractivity contribution >= 4 is 0 Å². The zero-order chi connectivity index (χ0) is 13.9. The molecule has 1 fully saturated rings. The predicted octanol–water partition coefficient (Wildman–Crippen LogP) is 1.89. The first-order chi connectivity index (χ1) is 9.05. The van der Waals surface area contributed by atoms with E-state index in [0.29, 0.717) is 6.04 Å². The van der Waals surface area contributed by atoms with Crippen LogP contribution in [0.2, 0.25) is 0 Å². The second-order valence-corrected chi connectivity index (χ2v) is 5.91. The number of nitrogens with zero attached hydrogens (tertiary/aromatic N) is 2. The van der Waals surface area contributed by atoms with Crippen LogP contribution in [-0.4, -0.2) is 49.1 Å². The zero-order valence-electron chi connectivity index (χ0n) is 12.5. The van der Waals surface area contributed by atoms with Crippen molar-refractivity contribution in [1.29, 1.82) is 0 Å². The van der Waals surface area contributed by atoms with E-state index in [1.165, 1.54) is 5.56 Å². The van der Waals surface area contributed by atoms with E-state index < -0.39 is 0 Å². The van der Waals surface area contributed by atoms with E-state index in [9.17, 15) is 0 Å². The molecule has 0 bridgehead atoms. The van der Waals surface area contributed by atoms with Crippen LogP contribution in [0.4, 0.5) is 0 Å². The predicted molar refractivity (Wildman–Crippen MR) is 81.1 cm³/mol. The molecule has 0 aromatic heterocycles. The first-order valence-electron chi connectivity index (χ1n) is 7.32. The third-order valence-electron chi connectivity index (χ3n) is 4.45. The van der Waals surface area contributed by atoms with Gasteiger partial charge in [0.1, 0.15) is 0 Å². The van der Waals surface area contributed by atoms with Gasteiger partial charge in [0.25, 0.3) is 0 Å². The Morgan fingerprint density at radius 1 is 1.16 bits per heavy atom. The number of hydrogen-bond donors (Lipinski definition) is 1. The lowest BCUT2D eigenvalue weighted by atomic mass is 9.83. The molecule has 3 heteroatoms. The van der Waals surface area contributed by atoms with Crippen LogP contribution in [0.3, 0.4) is 0 Å². The summed E-state index contributed by atoms with van der Waals surface area (Å²) in [5.74, 6) is 0. The van der Waals surface area contributed by atoms with Gasteiger partial charge >= 0.3 is 0 Å². The summed E-state index contributed by atoms with van der Waals surface area (Å²) in [5.41, 5.74) is 7.65. The molecule has 2 N–H and O–H groups in total. The fourth-order valence-electron chi connectivity index (χ4n) is 3.18. The summed E-state index contributed by atoms with van der Waals surface area (Å²) in [4.78, 5) is 4.95. The van der Waals surface area contributed by atoms with Gasteiger partial charge in [-0.1, -0.05) is 37.3 Å². The van der Waals surface area contributed by atoms with Crippen molar-refractivity contribution in [3.05, 3.63) is 35.9 Å². The van der Waals surface area contributed by atoms with Crippen LogP contribution < -0.4 is 5.73 Å². The van der Waals surface area contributed by atoms with Crippen LogP contribution in [0.1, 0.15) is 25.8 Å². The molecule has 1 aromatic rings. The summed E-state index contributed by atoms with van der Waals surface area (Å²) in [6, 6.07) is 10.9. The summed E-state index contributed by atoms with van der Waals surface area (Å²) < 4.78 is 0. The van der Waals surface area contributed by atoms with Gasteiger partial charge in [-0.3, -0.25) is 4.90 Å². The lowest BCUT2D eigenvalue weighted by Gasteiger charge is -2.45. The topological polar surface area (TPSA) is 32.5 Å². The summed E-state index contributed by atoms with van der Waals surface area (Å²) in [7, 11) is 2.19. The SMILES string of the molecule is CCC(N1CCN(C)CC1)C(C)(N)c1ccccc1. The van der Waals surface area contributed by atoms with E-state index in [0.717, 1.165) is 32.6 Å². The largest absolute Gasteiger partial charge is 0.320 e. The molecule has 0 saturated carbocycles. The Balaban J connectivity index is 2.16. The Morgan fingerprint density at radius 3 is 2.26 bits per heavy atom. The average molecular weight is 261 g/mol. The molecule has 0 spiro atoms. The van der Waals surface area contributed by atoms with E-state index in [1.807, 2.05) is 0 Å². The molecule has 19 heavy (non-hydrogen) atoms. The molecule has 0 aliphatic carbocycles. The summed E-state index contributed by atoms with van der Waals surface area (Å²) >= 11 is 0. The second kappa shape index (κ2) is 6.04. The van der Waals surface area contributed by atoms with Gasteiger partial charge in [-0.25, -0.2) is 0 Å². The molecule has 0 amide bonds. The quantitative estimate of drug-likeness (QED) is 0.898. The van der Waals surface area contributed by atoms with Crippen molar-refractivity contribution in [2.24, 2.45) is 5.73 Å². The number of piperazine rings is 1. The molecule has 1 heterocycles. The highest BCUT2D eigenvalue weighted by atomic mass is 15.3. The van der Waals surface area contributed by atoms with E-state index >= 15 is 0 Å². The smallest absolute Gasteiger partial charge is 0.0538 e. The van der Waals surface area contributed by atoms with Crippen LogP contribution in [0.15, 0.2) is 30.3 Å². The van der Waals surface area contributed by atoms with Crippen molar-refractivity contribution in [2.45, 2.75) is 31.8 Å². The minimum absolute atomic E-state index is 0.286. The van der Waals surface area contributed by atoms with E-state index in [-0.39, 0.29) is 5.54 Å². The molecule has 106 valence electrons. The Bertz CT molecular complexity index is 380. The Morgan fingerprint density at radius 2 is 1.74 bits per heavy atom.